The number of aromatic nitrogens is 2. The Bertz CT molecular complexity index is 835. The molecule has 0 atom stereocenters. The van der Waals surface area contributed by atoms with Gasteiger partial charge < -0.3 is 0 Å². The minimum atomic E-state index is 0.331. The van der Waals surface area contributed by atoms with E-state index in [1.165, 1.54) is 11.1 Å². The van der Waals surface area contributed by atoms with E-state index in [1.54, 1.807) is 0 Å². The molecule has 5 rings (SSSR count). The summed E-state index contributed by atoms with van der Waals surface area (Å²) >= 11 is 0. The van der Waals surface area contributed by atoms with Gasteiger partial charge in [-0.25, -0.2) is 0 Å². The van der Waals surface area contributed by atoms with Crippen molar-refractivity contribution in [2.45, 2.75) is 23.7 Å². The Kier molecular flexibility index (Phi) is 4.46. The van der Waals surface area contributed by atoms with Crippen LogP contribution in [0.3, 0.4) is 0 Å². The summed E-state index contributed by atoms with van der Waals surface area (Å²) in [4.78, 5) is 9.52. The van der Waals surface area contributed by atoms with E-state index in [-0.39, 0.29) is 0 Å². The van der Waals surface area contributed by atoms with Crippen molar-refractivity contribution in [1.82, 2.24) is 9.97 Å². The van der Waals surface area contributed by atoms with Gasteiger partial charge in [-0.15, -0.1) is 0 Å². The van der Waals surface area contributed by atoms with Crippen LogP contribution in [0, 0.1) is 0 Å². The zero-order valence-electron chi connectivity index (χ0n) is 15.6. The smallest absolute Gasteiger partial charge is 0.0447 e. The van der Waals surface area contributed by atoms with Crippen molar-refractivity contribution in [1.29, 1.82) is 0 Å². The molecular formula is C26H22N2. The summed E-state index contributed by atoms with van der Waals surface area (Å²) in [5, 5.41) is 0. The lowest BCUT2D eigenvalue weighted by Crippen LogP contribution is -2.40. The molecule has 1 aliphatic rings. The van der Waals surface area contributed by atoms with E-state index >= 15 is 0 Å². The Balaban J connectivity index is 1.67. The van der Waals surface area contributed by atoms with Gasteiger partial charge in [-0.1, -0.05) is 72.8 Å². The molecule has 2 aromatic carbocycles. The van der Waals surface area contributed by atoms with E-state index < -0.39 is 0 Å². The third-order valence-electron chi connectivity index (χ3n) is 5.98. The monoisotopic (exact) mass is 362 g/mol. The van der Waals surface area contributed by atoms with Gasteiger partial charge in [0.05, 0.1) is 0 Å². The van der Waals surface area contributed by atoms with Gasteiger partial charge in [0.2, 0.25) is 0 Å². The van der Waals surface area contributed by atoms with Crippen LogP contribution in [0.25, 0.3) is 0 Å². The van der Waals surface area contributed by atoms with Crippen LogP contribution in [0.2, 0.25) is 0 Å². The second-order valence-electron chi connectivity index (χ2n) is 7.43. The van der Waals surface area contributed by atoms with E-state index in [1.807, 2.05) is 24.5 Å². The summed E-state index contributed by atoms with van der Waals surface area (Å²) in [7, 11) is 0. The predicted octanol–water partition coefficient (Wildman–Crippen LogP) is 5.93. The van der Waals surface area contributed by atoms with Gasteiger partial charge in [0, 0.05) is 47.5 Å². The molecule has 2 heteroatoms. The molecule has 2 nitrogen and oxygen atoms in total. The van der Waals surface area contributed by atoms with Crippen LogP contribution in [-0.2, 0) is 0 Å². The van der Waals surface area contributed by atoms with Gasteiger partial charge in [-0.05, 0) is 35.4 Å². The van der Waals surface area contributed by atoms with Crippen molar-refractivity contribution in [2.24, 2.45) is 0 Å². The lowest BCUT2D eigenvalue weighted by Gasteiger charge is -2.52. The fourth-order valence-corrected chi connectivity index (χ4v) is 4.81. The molecule has 0 spiro atoms. The number of benzene rings is 2. The Morgan fingerprint density at radius 3 is 1.14 bits per heavy atom. The Labute approximate surface area is 165 Å². The molecular weight excluding hydrogens is 340 g/mol. The van der Waals surface area contributed by atoms with Gasteiger partial charge in [-0.3, -0.25) is 9.97 Å². The molecule has 0 bridgehead atoms. The van der Waals surface area contributed by atoms with Crippen LogP contribution in [0.1, 0.15) is 46.2 Å². The molecule has 0 N–H and O–H groups in total. The molecule has 0 aliphatic heterocycles. The number of nitrogens with zero attached hydrogens (tertiary/aromatic N) is 2. The maximum Gasteiger partial charge on any atom is 0.0447 e. The van der Waals surface area contributed by atoms with Gasteiger partial charge in [0.25, 0.3) is 0 Å². The normalized spacial score (nSPS) is 23.7. The molecule has 2 heterocycles. The highest BCUT2D eigenvalue weighted by molar-refractivity contribution is 5.45. The minimum absolute atomic E-state index is 0.331. The molecule has 0 unspecified atom stereocenters. The number of hydrogen-bond acceptors (Lipinski definition) is 2. The van der Waals surface area contributed by atoms with Crippen LogP contribution in [-0.4, -0.2) is 9.97 Å². The van der Waals surface area contributed by atoms with Gasteiger partial charge in [0.15, 0.2) is 0 Å². The van der Waals surface area contributed by atoms with Crippen molar-refractivity contribution >= 4 is 0 Å². The van der Waals surface area contributed by atoms with Crippen molar-refractivity contribution in [3.8, 4) is 0 Å². The highest BCUT2D eigenvalue weighted by Gasteiger charge is 2.53. The third-order valence-corrected chi connectivity index (χ3v) is 5.98. The zero-order valence-corrected chi connectivity index (χ0v) is 15.6. The number of hydrogen-bond donors (Lipinski definition) is 0. The molecule has 1 fully saturated rings. The van der Waals surface area contributed by atoms with Crippen LogP contribution in [0.5, 0.6) is 0 Å². The molecule has 28 heavy (non-hydrogen) atoms. The Hall–Kier alpha value is -3.26. The van der Waals surface area contributed by atoms with E-state index in [0.29, 0.717) is 23.7 Å². The largest absolute Gasteiger partial charge is 0.261 e. The predicted molar refractivity (Wildman–Crippen MR) is 112 cm³/mol. The first kappa shape index (κ1) is 16.9. The standard InChI is InChI=1S/C26H22N2/c1-3-11-19(12-4-1)23-25(21-15-7-9-17-27-21)24(20-13-5-2-6-14-20)26(23)22-16-8-10-18-28-22/h1-18,23-26H/t23-,24-,25-,26-. The van der Waals surface area contributed by atoms with Gasteiger partial charge >= 0.3 is 0 Å². The average Bonchev–Trinajstić information content (AvgIpc) is 2.76. The summed E-state index contributed by atoms with van der Waals surface area (Å²) in [6.45, 7) is 0. The fourth-order valence-electron chi connectivity index (χ4n) is 4.81. The molecule has 0 saturated heterocycles. The third kappa shape index (κ3) is 2.91. The van der Waals surface area contributed by atoms with E-state index in [9.17, 15) is 0 Å². The first-order valence-electron chi connectivity index (χ1n) is 9.85. The van der Waals surface area contributed by atoms with Crippen molar-refractivity contribution in [3.05, 3.63) is 132 Å². The summed E-state index contributed by atoms with van der Waals surface area (Å²) in [6.07, 6.45) is 3.82. The topological polar surface area (TPSA) is 25.8 Å². The lowest BCUT2D eigenvalue weighted by atomic mass is 9.50. The van der Waals surface area contributed by atoms with Crippen LogP contribution >= 0.6 is 0 Å². The maximum atomic E-state index is 4.76. The molecule has 1 saturated carbocycles. The molecule has 1 aliphatic carbocycles. The fraction of sp³-hybridized carbons (Fsp3) is 0.154. The second-order valence-corrected chi connectivity index (χ2v) is 7.43. The first-order chi connectivity index (χ1) is 13.9. The highest BCUT2D eigenvalue weighted by Crippen LogP contribution is 2.65. The number of pyridine rings is 2. The van der Waals surface area contributed by atoms with Crippen LogP contribution in [0.4, 0.5) is 0 Å². The minimum Gasteiger partial charge on any atom is -0.261 e. The van der Waals surface area contributed by atoms with Crippen molar-refractivity contribution in [2.75, 3.05) is 0 Å². The van der Waals surface area contributed by atoms with E-state index in [0.717, 1.165) is 11.4 Å². The zero-order chi connectivity index (χ0) is 18.8. The quantitative estimate of drug-likeness (QED) is 0.450. The molecule has 0 amide bonds. The van der Waals surface area contributed by atoms with E-state index in [4.69, 9.17) is 9.97 Å². The molecule has 2 aromatic heterocycles. The Morgan fingerprint density at radius 1 is 0.393 bits per heavy atom. The Morgan fingerprint density at radius 2 is 0.786 bits per heavy atom. The highest BCUT2D eigenvalue weighted by atomic mass is 14.8. The lowest BCUT2D eigenvalue weighted by molar-refractivity contribution is 0.220. The summed E-state index contributed by atoms with van der Waals surface area (Å²) in [5.41, 5.74) is 5.05. The SMILES string of the molecule is c1ccc([C@H]2[C@H](c3ccccn3)[C@H](c3ccccc3)[C@H]2c2ccccn2)cc1. The first-order valence-corrected chi connectivity index (χ1v) is 9.85. The van der Waals surface area contributed by atoms with Crippen LogP contribution < -0.4 is 0 Å². The van der Waals surface area contributed by atoms with Gasteiger partial charge in [0.1, 0.15) is 0 Å². The number of rotatable bonds is 4. The molecule has 0 radical (unpaired) electrons. The van der Waals surface area contributed by atoms with Crippen LogP contribution in [0.15, 0.2) is 109 Å². The second kappa shape index (κ2) is 7.40. The summed E-state index contributed by atoms with van der Waals surface area (Å²) in [5.74, 6) is 1.38. The van der Waals surface area contributed by atoms with Gasteiger partial charge in [-0.2, -0.15) is 0 Å². The van der Waals surface area contributed by atoms with E-state index in [2.05, 4.69) is 84.9 Å². The van der Waals surface area contributed by atoms with Crippen molar-refractivity contribution in [3.63, 3.8) is 0 Å². The molecule has 4 aromatic rings. The van der Waals surface area contributed by atoms with Crippen molar-refractivity contribution < 1.29 is 0 Å². The summed E-state index contributed by atoms with van der Waals surface area (Å²) in [6, 6.07) is 34.2. The summed E-state index contributed by atoms with van der Waals surface area (Å²) < 4.78 is 0. The average molecular weight is 362 g/mol. The molecule has 136 valence electrons. The maximum absolute atomic E-state index is 4.76.